The van der Waals surface area contributed by atoms with Gasteiger partial charge in [0.05, 0.1) is 6.54 Å². The van der Waals surface area contributed by atoms with E-state index in [-0.39, 0.29) is 24.9 Å². The van der Waals surface area contributed by atoms with Crippen molar-refractivity contribution in [1.29, 1.82) is 0 Å². The molecule has 0 unspecified atom stereocenters. The largest absolute Gasteiger partial charge is 0.459 e. The van der Waals surface area contributed by atoms with Crippen LogP contribution in [0.4, 0.5) is 4.79 Å². The van der Waals surface area contributed by atoms with Crippen molar-refractivity contribution in [2.24, 2.45) is 5.92 Å². The van der Waals surface area contributed by atoms with Crippen LogP contribution in [-0.4, -0.2) is 52.9 Å². The van der Waals surface area contributed by atoms with Gasteiger partial charge in [-0.3, -0.25) is 9.59 Å². The van der Waals surface area contributed by atoms with Crippen LogP contribution in [0.2, 0.25) is 0 Å². The fourth-order valence-electron chi connectivity index (χ4n) is 3.55. The van der Waals surface area contributed by atoms with E-state index in [9.17, 15) is 19.2 Å². The number of ether oxygens (including phenoxy) is 2. The van der Waals surface area contributed by atoms with Crippen LogP contribution in [0.3, 0.4) is 0 Å². The van der Waals surface area contributed by atoms with Crippen LogP contribution in [0.15, 0.2) is 60.7 Å². The molecule has 194 valence electrons. The molecule has 0 heterocycles. The normalized spacial score (nSPS) is 12.9. The fraction of sp³-hybridized carbons (Fsp3) is 0.429. The van der Waals surface area contributed by atoms with Crippen LogP contribution < -0.4 is 5.32 Å². The van der Waals surface area contributed by atoms with Crippen molar-refractivity contribution in [3.05, 3.63) is 71.8 Å². The first-order chi connectivity index (χ1) is 16.9. The molecule has 0 fully saturated rings. The van der Waals surface area contributed by atoms with Gasteiger partial charge in [0.1, 0.15) is 24.3 Å². The predicted octanol–water partition coefficient (Wildman–Crippen LogP) is 4.38. The molecule has 0 saturated heterocycles. The molecular weight excluding hydrogens is 460 g/mol. The van der Waals surface area contributed by atoms with Crippen LogP contribution in [0, 0.1) is 5.92 Å². The minimum atomic E-state index is -1.05. The van der Waals surface area contributed by atoms with Gasteiger partial charge in [-0.2, -0.15) is 0 Å². The zero-order chi connectivity index (χ0) is 26.9. The van der Waals surface area contributed by atoms with E-state index in [0.717, 1.165) is 5.56 Å². The molecule has 8 heteroatoms. The molecular formula is C28H36N2O6. The molecule has 2 atom stereocenters. The Kier molecular flexibility index (Phi) is 10.2. The summed E-state index contributed by atoms with van der Waals surface area (Å²) in [5, 5.41) is 2.50. The molecule has 2 aromatic rings. The summed E-state index contributed by atoms with van der Waals surface area (Å²) in [5.41, 5.74) is 0.451. The Hall–Kier alpha value is -3.68. The number of rotatable bonds is 10. The SMILES string of the molecule is CC(C)[C@@H](C(=O)OCc1ccccc1)N(CC(=O)c1ccccc1)C(=O)[C@@H](C)NC(=O)OC(C)(C)C. The molecule has 8 nitrogen and oxygen atoms in total. The van der Waals surface area contributed by atoms with Crippen LogP contribution in [0.1, 0.15) is 57.5 Å². The topological polar surface area (TPSA) is 102 Å². The Labute approximate surface area is 213 Å². The highest BCUT2D eigenvalue weighted by Crippen LogP contribution is 2.18. The van der Waals surface area contributed by atoms with Crippen molar-refractivity contribution in [1.82, 2.24) is 10.2 Å². The van der Waals surface area contributed by atoms with E-state index < -0.39 is 35.7 Å². The van der Waals surface area contributed by atoms with Crippen molar-refractivity contribution >= 4 is 23.8 Å². The third kappa shape index (κ3) is 8.83. The van der Waals surface area contributed by atoms with Crippen molar-refractivity contribution in [2.75, 3.05) is 6.54 Å². The highest BCUT2D eigenvalue weighted by molar-refractivity contribution is 6.01. The number of benzene rings is 2. The number of Topliss-reactive ketones (excluding diaryl/α,β-unsaturated/α-hetero) is 1. The lowest BCUT2D eigenvalue weighted by Crippen LogP contribution is -2.56. The lowest BCUT2D eigenvalue weighted by Gasteiger charge is -2.34. The number of alkyl carbamates (subject to hydrolysis) is 1. The van der Waals surface area contributed by atoms with E-state index in [1.807, 2.05) is 30.3 Å². The lowest BCUT2D eigenvalue weighted by molar-refractivity contribution is -0.158. The van der Waals surface area contributed by atoms with E-state index in [0.29, 0.717) is 5.56 Å². The van der Waals surface area contributed by atoms with Gasteiger partial charge in [0, 0.05) is 5.56 Å². The summed E-state index contributed by atoms with van der Waals surface area (Å²) in [6, 6.07) is 15.6. The Morgan fingerprint density at radius 1 is 0.889 bits per heavy atom. The second-order valence-electron chi connectivity index (χ2n) is 9.91. The van der Waals surface area contributed by atoms with Gasteiger partial charge in [-0.05, 0) is 39.2 Å². The predicted molar refractivity (Wildman–Crippen MR) is 136 cm³/mol. The van der Waals surface area contributed by atoms with Gasteiger partial charge in [-0.15, -0.1) is 0 Å². The number of esters is 1. The van der Waals surface area contributed by atoms with Crippen molar-refractivity contribution < 1.29 is 28.7 Å². The van der Waals surface area contributed by atoms with Gasteiger partial charge in [0.25, 0.3) is 0 Å². The molecule has 0 aromatic heterocycles. The number of hydrogen-bond donors (Lipinski definition) is 1. The molecule has 2 amide bonds. The quantitative estimate of drug-likeness (QED) is 0.387. The van der Waals surface area contributed by atoms with Gasteiger partial charge in [0.15, 0.2) is 5.78 Å². The molecule has 2 rings (SSSR count). The summed E-state index contributed by atoms with van der Waals surface area (Å²) in [6.45, 7) is 9.83. The summed E-state index contributed by atoms with van der Waals surface area (Å²) in [4.78, 5) is 53.3. The Bertz CT molecular complexity index is 1030. The average molecular weight is 497 g/mol. The average Bonchev–Trinajstić information content (AvgIpc) is 2.81. The Morgan fingerprint density at radius 3 is 1.97 bits per heavy atom. The molecule has 0 radical (unpaired) electrons. The van der Waals surface area contributed by atoms with Crippen LogP contribution in [0.5, 0.6) is 0 Å². The van der Waals surface area contributed by atoms with E-state index in [1.165, 1.54) is 11.8 Å². The van der Waals surface area contributed by atoms with Gasteiger partial charge in [0.2, 0.25) is 5.91 Å². The molecule has 1 N–H and O–H groups in total. The summed E-state index contributed by atoms with van der Waals surface area (Å²) in [6.07, 6.45) is -0.773. The van der Waals surface area contributed by atoms with Crippen LogP contribution in [-0.2, 0) is 25.7 Å². The number of ketones is 1. The minimum Gasteiger partial charge on any atom is -0.459 e. The van der Waals surface area contributed by atoms with Gasteiger partial charge in [-0.25, -0.2) is 9.59 Å². The molecule has 2 aromatic carbocycles. The number of hydrogen-bond acceptors (Lipinski definition) is 6. The standard InChI is InChI=1S/C28H36N2O6/c1-19(2)24(26(33)35-18-21-13-9-7-10-14-21)30(17-23(31)22-15-11-8-12-16-22)25(32)20(3)29-27(34)36-28(4,5)6/h7-16,19-20,24H,17-18H2,1-6H3,(H,29,34)/t20-,24+/m1/s1. The molecule has 0 aliphatic rings. The van der Waals surface area contributed by atoms with Crippen molar-refractivity contribution in [2.45, 2.75) is 65.8 Å². The second kappa shape index (κ2) is 12.9. The minimum absolute atomic E-state index is 0.0310. The lowest BCUT2D eigenvalue weighted by atomic mass is 10.00. The summed E-state index contributed by atoms with van der Waals surface area (Å²) >= 11 is 0. The first kappa shape index (κ1) is 28.6. The molecule has 0 aliphatic heterocycles. The van der Waals surface area contributed by atoms with Crippen LogP contribution >= 0.6 is 0 Å². The van der Waals surface area contributed by atoms with Crippen molar-refractivity contribution in [3.8, 4) is 0 Å². The zero-order valence-electron chi connectivity index (χ0n) is 21.8. The molecule has 0 bridgehead atoms. The first-order valence-corrected chi connectivity index (χ1v) is 12.0. The maximum atomic E-state index is 13.5. The first-order valence-electron chi connectivity index (χ1n) is 12.0. The summed E-state index contributed by atoms with van der Waals surface area (Å²) < 4.78 is 10.8. The number of amides is 2. The molecule has 0 saturated carbocycles. The number of carbonyl (C=O) groups excluding carboxylic acids is 4. The Balaban J connectivity index is 2.29. The molecule has 0 aliphatic carbocycles. The van der Waals surface area contributed by atoms with Gasteiger partial charge in [-0.1, -0.05) is 74.5 Å². The van der Waals surface area contributed by atoms with E-state index >= 15 is 0 Å². The number of nitrogens with one attached hydrogen (secondary N) is 1. The maximum absolute atomic E-state index is 13.5. The monoisotopic (exact) mass is 496 g/mol. The maximum Gasteiger partial charge on any atom is 0.408 e. The fourth-order valence-corrected chi connectivity index (χ4v) is 3.55. The van der Waals surface area contributed by atoms with E-state index in [1.54, 1.807) is 65.0 Å². The summed E-state index contributed by atoms with van der Waals surface area (Å²) in [5.74, 6) is -1.93. The molecule has 36 heavy (non-hydrogen) atoms. The van der Waals surface area contributed by atoms with Gasteiger partial charge < -0.3 is 19.7 Å². The Morgan fingerprint density at radius 2 is 1.44 bits per heavy atom. The van der Waals surface area contributed by atoms with E-state index in [2.05, 4.69) is 5.32 Å². The highest BCUT2D eigenvalue weighted by atomic mass is 16.6. The van der Waals surface area contributed by atoms with Crippen molar-refractivity contribution in [3.63, 3.8) is 0 Å². The summed E-state index contributed by atoms with van der Waals surface area (Å²) in [7, 11) is 0. The number of carbonyl (C=O) groups is 4. The van der Waals surface area contributed by atoms with E-state index in [4.69, 9.17) is 9.47 Å². The number of nitrogens with zero attached hydrogens (tertiary/aromatic N) is 1. The second-order valence-corrected chi connectivity index (χ2v) is 9.91. The third-order valence-corrected chi connectivity index (χ3v) is 5.23. The zero-order valence-corrected chi connectivity index (χ0v) is 21.8. The third-order valence-electron chi connectivity index (χ3n) is 5.23. The van der Waals surface area contributed by atoms with Gasteiger partial charge >= 0.3 is 12.1 Å². The highest BCUT2D eigenvalue weighted by Gasteiger charge is 2.37. The van der Waals surface area contributed by atoms with Crippen LogP contribution in [0.25, 0.3) is 0 Å². The molecule has 0 spiro atoms. The smallest absolute Gasteiger partial charge is 0.408 e.